The molecule has 12 heavy (non-hydrogen) atoms. The highest BCUT2D eigenvalue weighted by Gasteiger charge is 2.06. The third-order valence-electron chi connectivity index (χ3n) is 1.21. The Bertz CT molecular complexity index is 421. The molecule has 1 aromatic carbocycles. The predicted octanol–water partition coefficient (Wildman–Crippen LogP) is 2.20. The van der Waals surface area contributed by atoms with E-state index < -0.39 is 11.9 Å². The molecule has 1 rings (SSSR count). The average Bonchev–Trinajstić information content (AvgIpc) is 2.24. The quantitative estimate of drug-likeness (QED) is 0.832. The van der Waals surface area contributed by atoms with Gasteiger partial charge in [-0.3, -0.25) is 4.79 Å². The van der Waals surface area contributed by atoms with Crippen molar-refractivity contribution >= 4 is 21.8 Å². The molecule has 0 saturated carbocycles. The van der Waals surface area contributed by atoms with Gasteiger partial charge in [-0.1, -0.05) is 12.1 Å². The van der Waals surface area contributed by atoms with Gasteiger partial charge in [0.05, 0.1) is 11.0 Å². The van der Waals surface area contributed by atoms with Gasteiger partial charge in [-0.25, -0.2) is 0 Å². The van der Waals surface area contributed by atoms with Gasteiger partial charge in [-0.15, -0.1) is 0 Å². The van der Waals surface area contributed by atoms with Gasteiger partial charge in [-0.05, 0) is 34.9 Å². The molecule has 0 aliphatic carbocycles. The minimum absolute atomic E-state index is 0.0622. The van der Waals surface area contributed by atoms with Crippen molar-refractivity contribution in [3.8, 4) is 0 Å². The molecule has 0 bridgehead atoms. The van der Waals surface area contributed by atoms with Crippen molar-refractivity contribution in [1.29, 1.82) is 0 Å². The Hall–Kier alpha value is -0.830. The van der Waals surface area contributed by atoms with Gasteiger partial charge in [0.15, 0.2) is 0 Å². The maximum atomic E-state index is 11.6. The van der Waals surface area contributed by atoms with E-state index in [1.54, 1.807) is 6.92 Å². The third-order valence-corrected chi connectivity index (χ3v) is 1.80. The van der Waals surface area contributed by atoms with E-state index in [4.69, 9.17) is 5.48 Å². The zero-order valence-corrected chi connectivity index (χ0v) is 8.08. The Morgan fingerprint density at radius 3 is 3.00 bits per heavy atom. The molecule has 0 aliphatic rings. The lowest BCUT2D eigenvalue weighted by Gasteiger charge is -2.02. The average molecular weight is 232 g/mol. The molecule has 0 unspecified atom stereocenters. The minimum Gasteiger partial charge on any atom is -0.352 e. The van der Waals surface area contributed by atoms with Gasteiger partial charge in [0.2, 0.25) is 0 Å². The molecule has 0 fully saturated rings. The predicted molar refractivity (Wildman–Crippen MR) is 52.1 cm³/mol. The molecule has 2 nitrogen and oxygen atoms in total. The van der Waals surface area contributed by atoms with Gasteiger partial charge in [-0.2, -0.15) is 0 Å². The summed E-state index contributed by atoms with van der Waals surface area (Å²) >= 11 is 3.01. The SMILES string of the molecule is [2H]c1c([2H])c([2H])c(C(=O)NCC)c(Br)c1[2H]. The fourth-order valence-corrected chi connectivity index (χ4v) is 1.08. The van der Waals surface area contributed by atoms with E-state index in [2.05, 4.69) is 21.2 Å². The summed E-state index contributed by atoms with van der Waals surface area (Å²) < 4.78 is 30.1. The van der Waals surface area contributed by atoms with Crippen LogP contribution in [-0.2, 0) is 0 Å². The zero-order chi connectivity index (χ0) is 12.5. The summed E-state index contributed by atoms with van der Waals surface area (Å²) in [6, 6.07) is -1.35. The zero-order valence-electron chi connectivity index (χ0n) is 10.5. The summed E-state index contributed by atoms with van der Waals surface area (Å²) in [5.41, 5.74) is -0.0622. The molecule has 0 spiro atoms. The molecular formula is C9H10BrNO. The fourth-order valence-electron chi connectivity index (χ4n) is 0.703. The number of halogens is 1. The van der Waals surface area contributed by atoms with Crippen molar-refractivity contribution in [1.82, 2.24) is 5.32 Å². The van der Waals surface area contributed by atoms with Crippen LogP contribution >= 0.6 is 15.9 Å². The number of benzene rings is 1. The molecule has 1 aromatic rings. The molecule has 0 aliphatic heterocycles. The molecule has 0 aromatic heterocycles. The Morgan fingerprint density at radius 2 is 2.33 bits per heavy atom. The summed E-state index contributed by atoms with van der Waals surface area (Å²) in [4.78, 5) is 11.6. The second-order valence-corrected chi connectivity index (χ2v) is 2.84. The highest BCUT2D eigenvalue weighted by Crippen LogP contribution is 2.15. The molecule has 3 heteroatoms. The van der Waals surface area contributed by atoms with Crippen molar-refractivity contribution in [3.05, 3.63) is 34.2 Å². The number of hydrogen-bond acceptors (Lipinski definition) is 1. The maximum absolute atomic E-state index is 11.6. The lowest BCUT2D eigenvalue weighted by atomic mass is 10.2. The third kappa shape index (κ3) is 2.08. The van der Waals surface area contributed by atoms with Gasteiger partial charge in [0, 0.05) is 11.0 Å². The minimum atomic E-state index is -0.513. The van der Waals surface area contributed by atoms with E-state index in [1.165, 1.54) is 0 Å². The first kappa shape index (κ1) is 5.02. The Labute approximate surface area is 85.7 Å². The van der Waals surface area contributed by atoms with Crippen LogP contribution in [0, 0.1) is 0 Å². The molecule has 0 radical (unpaired) electrons. The van der Waals surface area contributed by atoms with Crippen molar-refractivity contribution in [2.45, 2.75) is 6.92 Å². The summed E-state index contributed by atoms with van der Waals surface area (Å²) in [5, 5.41) is 2.50. The molecule has 64 valence electrons. The molecular weight excluding hydrogens is 218 g/mol. The van der Waals surface area contributed by atoms with Crippen LogP contribution in [0.1, 0.15) is 22.8 Å². The maximum Gasteiger partial charge on any atom is 0.252 e. The van der Waals surface area contributed by atoms with Crippen LogP contribution < -0.4 is 5.32 Å². The smallest absolute Gasteiger partial charge is 0.252 e. The molecule has 1 amide bonds. The van der Waals surface area contributed by atoms with Crippen LogP contribution in [0.3, 0.4) is 0 Å². The Balaban J connectivity index is 3.45. The molecule has 0 heterocycles. The second-order valence-electron chi connectivity index (χ2n) is 2.05. The Kier molecular flexibility index (Phi) is 1.78. The van der Waals surface area contributed by atoms with Crippen LogP contribution in [0.25, 0.3) is 0 Å². The van der Waals surface area contributed by atoms with E-state index in [1.807, 2.05) is 0 Å². The molecule has 0 atom stereocenters. The summed E-state index contributed by atoms with van der Waals surface area (Å²) in [6.45, 7) is 2.13. The van der Waals surface area contributed by atoms with E-state index in [9.17, 15) is 4.79 Å². The number of carbonyl (C=O) groups is 1. The van der Waals surface area contributed by atoms with E-state index in [0.29, 0.717) is 6.54 Å². The number of amides is 1. The number of hydrogen-bond donors (Lipinski definition) is 1. The van der Waals surface area contributed by atoms with Crippen LogP contribution in [-0.4, -0.2) is 12.5 Å². The lowest BCUT2D eigenvalue weighted by molar-refractivity contribution is 0.0955. The molecule has 0 saturated heterocycles. The van der Waals surface area contributed by atoms with Crippen LogP contribution in [0.4, 0.5) is 0 Å². The largest absolute Gasteiger partial charge is 0.352 e. The van der Waals surface area contributed by atoms with Gasteiger partial charge in [0.1, 0.15) is 0 Å². The monoisotopic (exact) mass is 231 g/mol. The normalized spacial score (nSPS) is 14.2. The second kappa shape index (κ2) is 4.26. The first-order chi connectivity index (χ1) is 7.41. The van der Waals surface area contributed by atoms with Crippen molar-refractivity contribution < 1.29 is 10.3 Å². The van der Waals surface area contributed by atoms with Crippen LogP contribution in [0.15, 0.2) is 28.6 Å². The summed E-state index contributed by atoms with van der Waals surface area (Å²) in [7, 11) is 0. The standard InChI is InChI=1S/C9H10BrNO/c1-2-11-9(12)7-5-3-4-6-8(7)10/h3-6H,2H2,1H3,(H,11,12)/i3D,4D,5D,6D. The van der Waals surface area contributed by atoms with Crippen molar-refractivity contribution in [3.63, 3.8) is 0 Å². The topological polar surface area (TPSA) is 29.1 Å². The number of carbonyl (C=O) groups excluding carboxylic acids is 1. The van der Waals surface area contributed by atoms with Gasteiger partial charge >= 0.3 is 0 Å². The van der Waals surface area contributed by atoms with E-state index in [-0.39, 0.29) is 28.2 Å². The summed E-state index contributed by atoms with van der Waals surface area (Å²) in [5.74, 6) is -0.513. The fraction of sp³-hybridized carbons (Fsp3) is 0.222. The van der Waals surface area contributed by atoms with Gasteiger partial charge < -0.3 is 5.32 Å². The summed E-state index contributed by atoms with van der Waals surface area (Å²) in [6.07, 6.45) is 0. The molecule has 1 N–H and O–H groups in total. The number of rotatable bonds is 2. The highest BCUT2D eigenvalue weighted by molar-refractivity contribution is 9.10. The van der Waals surface area contributed by atoms with Crippen molar-refractivity contribution in [2.24, 2.45) is 0 Å². The van der Waals surface area contributed by atoms with E-state index in [0.717, 1.165) is 0 Å². The first-order valence-corrected chi connectivity index (χ1v) is 4.25. The highest BCUT2D eigenvalue weighted by atomic mass is 79.9. The number of nitrogens with one attached hydrogen (secondary N) is 1. The van der Waals surface area contributed by atoms with Crippen LogP contribution in [0.5, 0.6) is 0 Å². The van der Waals surface area contributed by atoms with Crippen molar-refractivity contribution in [2.75, 3.05) is 6.54 Å². The first-order valence-electron chi connectivity index (χ1n) is 5.45. The van der Waals surface area contributed by atoms with Gasteiger partial charge in [0.25, 0.3) is 5.91 Å². The van der Waals surface area contributed by atoms with Crippen LogP contribution in [0.2, 0.25) is 0 Å². The Morgan fingerprint density at radius 1 is 1.67 bits per heavy atom. The van der Waals surface area contributed by atoms with E-state index >= 15 is 0 Å². The lowest BCUT2D eigenvalue weighted by Crippen LogP contribution is -2.22.